The molecule has 0 fully saturated rings. The van der Waals surface area contributed by atoms with Gasteiger partial charge < -0.3 is 0 Å². The van der Waals surface area contributed by atoms with Gasteiger partial charge in [-0.1, -0.05) is 29.8 Å². The van der Waals surface area contributed by atoms with Gasteiger partial charge in [0.05, 0.1) is 4.75 Å². The van der Waals surface area contributed by atoms with Crippen molar-refractivity contribution in [1.82, 2.24) is 4.72 Å². The number of aryl methyl sites for hydroxylation is 1. The summed E-state index contributed by atoms with van der Waals surface area (Å²) in [5, 5.41) is 0. The molecule has 0 spiro atoms. The van der Waals surface area contributed by atoms with Crippen LogP contribution >= 0.6 is 0 Å². The van der Waals surface area contributed by atoms with Gasteiger partial charge >= 0.3 is 0 Å². The summed E-state index contributed by atoms with van der Waals surface area (Å²) < 4.78 is 25.4. The fourth-order valence-corrected chi connectivity index (χ4v) is 1.89. The first-order valence-corrected chi connectivity index (χ1v) is 6.75. The number of hydrogen-bond acceptors (Lipinski definition) is 2. The van der Waals surface area contributed by atoms with Gasteiger partial charge in [-0.3, -0.25) is 0 Å². The zero-order valence-corrected chi connectivity index (χ0v) is 11.1. The molecule has 16 heavy (non-hydrogen) atoms. The molecule has 0 aliphatic heterocycles. The lowest BCUT2D eigenvalue weighted by molar-refractivity contribution is 0.544. The predicted octanol–water partition coefficient (Wildman–Crippen LogP) is 2.21. The molecule has 0 saturated carbocycles. The molecular formula is C12H19NO2S. The van der Waals surface area contributed by atoms with Crippen molar-refractivity contribution in [1.29, 1.82) is 0 Å². The largest absolute Gasteiger partial charge is 0.216 e. The lowest BCUT2D eigenvalue weighted by Crippen LogP contribution is -2.38. The quantitative estimate of drug-likeness (QED) is 0.882. The van der Waals surface area contributed by atoms with Crippen molar-refractivity contribution < 1.29 is 8.42 Å². The average Bonchev–Trinajstić information content (AvgIpc) is 2.15. The molecule has 1 rings (SSSR count). The molecule has 0 unspecified atom stereocenters. The van der Waals surface area contributed by atoms with Crippen molar-refractivity contribution in [3.8, 4) is 0 Å². The molecule has 0 aliphatic rings. The smallest absolute Gasteiger partial charge is 0.212 e. The number of sulfonamides is 1. The minimum Gasteiger partial charge on any atom is -0.212 e. The third kappa shape index (κ3) is 3.32. The van der Waals surface area contributed by atoms with Crippen molar-refractivity contribution in [3.05, 3.63) is 35.4 Å². The van der Waals surface area contributed by atoms with Crippen LogP contribution in [0, 0.1) is 6.92 Å². The monoisotopic (exact) mass is 241 g/mol. The van der Waals surface area contributed by atoms with Crippen LogP contribution in [0.4, 0.5) is 0 Å². The first-order chi connectivity index (χ1) is 7.22. The summed E-state index contributed by atoms with van der Waals surface area (Å²) >= 11 is 0. The number of benzene rings is 1. The highest BCUT2D eigenvalue weighted by Crippen LogP contribution is 2.14. The highest BCUT2D eigenvalue weighted by atomic mass is 32.2. The molecule has 0 heterocycles. The lowest BCUT2D eigenvalue weighted by Gasteiger charge is -2.19. The van der Waals surface area contributed by atoms with E-state index in [2.05, 4.69) is 4.72 Å². The van der Waals surface area contributed by atoms with E-state index < -0.39 is 14.8 Å². The Balaban J connectivity index is 2.69. The van der Waals surface area contributed by atoms with E-state index >= 15 is 0 Å². The minimum absolute atomic E-state index is 0.347. The molecule has 1 N–H and O–H groups in total. The Morgan fingerprint density at radius 3 is 2.06 bits per heavy atom. The second-order valence-electron chi connectivity index (χ2n) is 4.92. The maximum absolute atomic E-state index is 11.8. The zero-order chi connectivity index (χ0) is 12.4. The molecule has 4 heteroatoms. The van der Waals surface area contributed by atoms with Crippen LogP contribution in [0.2, 0.25) is 0 Å². The van der Waals surface area contributed by atoms with E-state index in [-0.39, 0.29) is 0 Å². The fourth-order valence-electron chi connectivity index (χ4n) is 1.10. The van der Waals surface area contributed by atoms with Crippen LogP contribution in [-0.4, -0.2) is 13.2 Å². The van der Waals surface area contributed by atoms with E-state index in [0.29, 0.717) is 6.54 Å². The van der Waals surface area contributed by atoms with E-state index in [4.69, 9.17) is 0 Å². The van der Waals surface area contributed by atoms with Crippen LogP contribution in [0.3, 0.4) is 0 Å². The molecule has 1 aromatic rings. The zero-order valence-electron chi connectivity index (χ0n) is 10.2. The van der Waals surface area contributed by atoms with Gasteiger partial charge in [-0.2, -0.15) is 0 Å². The van der Waals surface area contributed by atoms with Gasteiger partial charge in [0.1, 0.15) is 0 Å². The maximum atomic E-state index is 11.8. The fraction of sp³-hybridized carbons (Fsp3) is 0.500. The summed E-state index contributed by atoms with van der Waals surface area (Å²) in [6, 6.07) is 7.81. The van der Waals surface area contributed by atoms with Crippen molar-refractivity contribution in [3.63, 3.8) is 0 Å². The van der Waals surface area contributed by atoms with Crippen molar-refractivity contribution in [2.45, 2.75) is 39.0 Å². The Bertz CT molecular complexity index is 441. The van der Waals surface area contributed by atoms with Gasteiger partial charge in [-0.15, -0.1) is 0 Å². The molecule has 0 atom stereocenters. The third-order valence-electron chi connectivity index (χ3n) is 2.39. The Hall–Kier alpha value is -0.870. The standard InChI is InChI=1S/C12H19NO2S/c1-10-5-7-11(8-6-10)9-13-16(14,15)12(2,3)4/h5-8,13H,9H2,1-4H3. The van der Waals surface area contributed by atoms with Crippen LogP contribution in [0.25, 0.3) is 0 Å². The second-order valence-corrected chi connectivity index (χ2v) is 7.44. The second kappa shape index (κ2) is 4.55. The highest BCUT2D eigenvalue weighted by molar-refractivity contribution is 7.90. The molecule has 1 aromatic carbocycles. The molecule has 0 saturated heterocycles. The summed E-state index contributed by atoms with van der Waals surface area (Å²) in [5.74, 6) is 0. The van der Waals surface area contributed by atoms with Crippen molar-refractivity contribution >= 4 is 10.0 Å². The van der Waals surface area contributed by atoms with Gasteiger partial charge in [-0.05, 0) is 33.3 Å². The average molecular weight is 241 g/mol. The van der Waals surface area contributed by atoms with E-state index in [9.17, 15) is 8.42 Å². The van der Waals surface area contributed by atoms with E-state index in [1.54, 1.807) is 20.8 Å². The van der Waals surface area contributed by atoms with Crippen LogP contribution in [0.15, 0.2) is 24.3 Å². The molecule has 90 valence electrons. The Morgan fingerprint density at radius 1 is 1.12 bits per heavy atom. The Kier molecular flexibility index (Phi) is 3.76. The first kappa shape index (κ1) is 13.2. The van der Waals surface area contributed by atoms with Gasteiger partial charge in [0, 0.05) is 6.54 Å². The number of hydrogen-bond donors (Lipinski definition) is 1. The summed E-state index contributed by atoms with van der Waals surface area (Å²) in [6.07, 6.45) is 0. The van der Waals surface area contributed by atoms with Crippen LogP contribution in [0.5, 0.6) is 0 Å². The molecule has 0 bridgehead atoms. The predicted molar refractivity (Wildman–Crippen MR) is 66.7 cm³/mol. The minimum atomic E-state index is -3.26. The lowest BCUT2D eigenvalue weighted by atomic mass is 10.2. The number of rotatable bonds is 3. The Labute approximate surface area is 97.9 Å². The number of nitrogens with one attached hydrogen (secondary N) is 1. The topological polar surface area (TPSA) is 46.2 Å². The van der Waals surface area contributed by atoms with Crippen LogP contribution in [-0.2, 0) is 16.6 Å². The van der Waals surface area contributed by atoms with E-state index in [1.807, 2.05) is 31.2 Å². The van der Waals surface area contributed by atoms with Gasteiger partial charge in [0.2, 0.25) is 10.0 Å². The summed E-state index contributed by atoms with van der Waals surface area (Å²) in [4.78, 5) is 0. The Morgan fingerprint density at radius 2 is 1.62 bits per heavy atom. The van der Waals surface area contributed by atoms with Crippen molar-refractivity contribution in [2.24, 2.45) is 0 Å². The highest BCUT2D eigenvalue weighted by Gasteiger charge is 2.28. The molecule has 0 aromatic heterocycles. The van der Waals surface area contributed by atoms with E-state index in [1.165, 1.54) is 5.56 Å². The normalized spacial score (nSPS) is 12.8. The van der Waals surface area contributed by atoms with Crippen LogP contribution < -0.4 is 4.72 Å². The molecule has 0 radical (unpaired) electrons. The van der Waals surface area contributed by atoms with Gasteiger partial charge in [0.15, 0.2) is 0 Å². The maximum Gasteiger partial charge on any atom is 0.216 e. The molecule has 3 nitrogen and oxygen atoms in total. The molecular weight excluding hydrogens is 222 g/mol. The third-order valence-corrected chi connectivity index (χ3v) is 4.53. The molecule has 0 amide bonds. The van der Waals surface area contributed by atoms with Crippen LogP contribution in [0.1, 0.15) is 31.9 Å². The summed E-state index contributed by atoms with van der Waals surface area (Å²) in [6.45, 7) is 7.41. The molecule has 0 aliphatic carbocycles. The van der Waals surface area contributed by atoms with Crippen molar-refractivity contribution in [2.75, 3.05) is 0 Å². The van der Waals surface area contributed by atoms with Gasteiger partial charge in [0.25, 0.3) is 0 Å². The SMILES string of the molecule is Cc1ccc(CNS(=O)(=O)C(C)(C)C)cc1. The van der Waals surface area contributed by atoms with Gasteiger partial charge in [-0.25, -0.2) is 13.1 Å². The summed E-state index contributed by atoms with van der Waals surface area (Å²) in [5.41, 5.74) is 2.14. The first-order valence-electron chi connectivity index (χ1n) is 5.27. The summed E-state index contributed by atoms with van der Waals surface area (Å²) in [7, 11) is -3.26. The van der Waals surface area contributed by atoms with E-state index in [0.717, 1.165) is 5.56 Å².